The quantitative estimate of drug-likeness (QED) is 0.0199. The van der Waals surface area contributed by atoms with Gasteiger partial charge in [-0.3, -0.25) is 13.8 Å². The van der Waals surface area contributed by atoms with Crippen LogP contribution in [0.25, 0.3) is 0 Å². The number of ether oxygens (including phenoxy) is 1. The van der Waals surface area contributed by atoms with Crippen LogP contribution in [-0.2, 0) is 28.6 Å². The summed E-state index contributed by atoms with van der Waals surface area (Å²) in [5.74, 6) is -0.467. The summed E-state index contributed by atoms with van der Waals surface area (Å²) in [7, 11) is 1.49. The largest absolute Gasteiger partial charge is 0.472 e. The molecule has 0 amide bonds. The van der Waals surface area contributed by atoms with Gasteiger partial charge in [-0.05, 0) is 55.2 Å². The van der Waals surface area contributed by atoms with Gasteiger partial charge < -0.3 is 19.2 Å². The molecule has 0 radical (unpaired) electrons. The molecule has 0 aliphatic heterocycles. The third-order valence-electron chi connectivity index (χ3n) is 9.50. The zero-order chi connectivity index (χ0) is 39.1. The van der Waals surface area contributed by atoms with Crippen molar-refractivity contribution in [2.45, 2.75) is 95.5 Å². The number of carbonyl (C=O) groups is 1. The number of quaternary nitrogens is 1. The molecule has 0 aliphatic carbocycles. The van der Waals surface area contributed by atoms with Crippen LogP contribution in [0.15, 0.2) is 115 Å². The van der Waals surface area contributed by atoms with Gasteiger partial charge in [0.15, 0.2) is 0 Å². The number of carbonyl (C=O) groups excluding carboxylic acids is 1. The molecule has 0 aromatic heterocycles. The number of phosphoric acid groups is 1. The van der Waals surface area contributed by atoms with Gasteiger partial charge in [0.05, 0.1) is 39.8 Å². The normalized spacial score (nSPS) is 14.2. The minimum atomic E-state index is -4.32. The Kier molecular flexibility index (Phi) is 20.2. The maximum Gasteiger partial charge on any atom is 0.472 e. The van der Waals surface area contributed by atoms with Crippen molar-refractivity contribution in [2.24, 2.45) is 0 Å². The molecule has 9 heteroatoms. The molecule has 0 spiro atoms. The fourth-order valence-corrected chi connectivity index (χ4v) is 7.33. The molecule has 3 aromatic carbocycles. The number of aliphatic hydroxyl groups excluding tert-OH is 1. The van der Waals surface area contributed by atoms with Crippen LogP contribution in [0.1, 0.15) is 101 Å². The average molecular weight is 763 g/mol. The van der Waals surface area contributed by atoms with Crippen molar-refractivity contribution in [1.82, 2.24) is 0 Å². The van der Waals surface area contributed by atoms with Gasteiger partial charge >= 0.3 is 13.8 Å². The Hall–Kier alpha value is -3.36. The third-order valence-corrected chi connectivity index (χ3v) is 10.5. The van der Waals surface area contributed by atoms with Crippen LogP contribution in [0.3, 0.4) is 0 Å². The van der Waals surface area contributed by atoms with Crippen molar-refractivity contribution in [2.75, 3.05) is 47.5 Å². The molecule has 0 saturated carbocycles. The SMILES string of the molecule is CCCCC/C=C\C/C(=C\CCCCCCCC(=O)O[C@H](CO)COP(=O)(O)OCC[N+](C)(C)C)C(c1ccccc1)(c1ccccc1)c1ccccc1. The zero-order valence-electron chi connectivity index (χ0n) is 33.1. The van der Waals surface area contributed by atoms with E-state index in [1.54, 1.807) is 0 Å². The third kappa shape index (κ3) is 15.8. The van der Waals surface area contributed by atoms with Crippen LogP contribution in [0, 0.1) is 0 Å². The molecule has 2 N–H and O–H groups in total. The second-order valence-electron chi connectivity index (χ2n) is 15.0. The molecule has 296 valence electrons. The molecule has 0 heterocycles. The number of aliphatic hydroxyl groups is 1. The topological polar surface area (TPSA) is 102 Å². The highest BCUT2D eigenvalue weighted by molar-refractivity contribution is 7.47. The van der Waals surface area contributed by atoms with Crippen LogP contribution in [0.5, 0.6) is 0 Å². The van der Waals surface area contributed by atoms with Crippen molar-refractivity contribution in [1.29, 1.82) is 0 Å². The van der Waals surface area contributed by atoms with E-state index in [0.717, 1.165) is 44.9 Å². The van der Waals surface area contributed by atoms with Gasteiger partial charge in [-0.15, -0.1) is 0 Å². The van der Waals surface area contributed by atoms with E-state index in [2.05, 4.69) is 116 Å². The molecule has 3 aromatic rings. The highest BCUT2D eigenvalue weighted by Gasteiger charge is 2.39. The number of benzene rings is 3. The van der Waals surface area contributed by atoms with Crippen molar-refractivity contribution >= 4 is 13.8 Å². The van der Waals surface area contributed by atoms with Gasteiger partial charge in [0.25, 0.3) is 0 Å². The zero-order valence-corrected chi connectivity index (χ0v) is 34.0. The van der Waals surface area contributed by atoms with Crippen molar-refractivity contribution in [3.05, 3.63) is 131 Å². The number of phosphoric ester groups is 1. The summed E-state index contributed by atoms with van der Waals surface area (Å²) < 4.78 is 28.0. The summed E-state index contributed by atoms with van der Waals surface area (Å²) >= 11 is 0. The summed E-state index contributed by atoms with van der Waals surface area (Å²) in [6.45, 7) is 1.84. The lowest BCUT2D eigenvalue weighted by Crippen LogP contribution is -2.37. The van der Waals surface area contributed by atoms with E-state index in [4.69, 9.17) is 13.8 Å². The van der Waals surface area contributed by atoms with Gasteiger partial charge in [-0.25, -0.2) is 4.57 Å². The predicted octanol–water partition coefficient (Wildman–Crippen LogP) is 9.95. The minimum absolute atomic E-state index is 0.0324. The molecule has 54 heavy (non-hydrogen) atoms. The second-order valence-corrected chi connectivity index (χ2v) is 16.4. The van der Waals surface area contributed by atoms with Gasteiger partial charge in [-0.1, -0.05) is 154 Å². The first kappa shape index (κ1) is 45.0. The van der Waals surface area contributed by atoms with E-state index in [1.165, 1.54) is 41.5 Å². The Bertz CT molecular complexity index is 1480. The van der Waals surface area contributed by atoms with Gasteiger partial charge in [0.1, 0.15) is 19.3 Å². The van der Waals surface area contributed by atoms with Crippen LogP contribution in [0.2, 0.25) is 0 Å². The van der Waals surface area contributed by atoms with E-state index >= 15 is 0 Å². The smallest absolute Gasteiger partial charge is 0.457 e. The number of esters is 1. The summed E-state index contributed by atoms with van der Waals surface area (Å²) in [6.07, 6.45) is 17.5. The van der Waals surface area contributed by atoms with Crippen LogP contribution < -0.4 is 0 Å². The van der Waals surface area contributed by atoms with E-state index in [1.807, 2.05) is 21.1 Å². The molecule has 0 bridgehead atoms. The van der Waals surface area contributed by atoms with Crippen LogP contribution >= 0.6 is 7.82 Å². The number of unbranched alkanes of at least 4 members (excludes halogenated alkanes) is 8. The summed E-state index contributed by atoms with van der Waals surface area (Å²) in [4.78, 5) is 22.4. The fourth-order valence-electron chi connectivity index (χ4n) is 6.58. The van der Waals surface area contributed by atoms with E-state index in [9.17, 15) is 19.4 Å². The summed E-state index contributed by atoms with van der Waals surface area (Å²) in [6, 6.07) is 32.6. The average Bonchev–Trinajstić information content (AvgIpc) is 3.16. The molecular weight excluding hydrogens is 697 g/mol. The first-order chi connectivity index (χ1) is 26.0. The van der Waals surface area contributed by atoms with Crippen molar-refractivity contribution < 1.29 is 37.6 Å². The first-order valence-electron chi connectivity index (χ1n) is 19.8. The lowest BCUT2D eigenvalue weighted by Gasteiger charge is -2.38. The molecule has 3 rings (SSSR count). The molecule has 8 nitrogen and oxygen atoms in total. The molecule has 2 atom stereocenters. The Morgan fingerprint density at radius 2 is 1.30 bits per heavy atom. The summed E-state index contributed by atoms with van der Waals surface area (Å²) in [5.41, 5.74) is 4.69. The van der Waals surface area contributed by atoms with E-state index in [-0.39, 0.29) is 13.0 Å². The monoisotopic (exact) mass is 762 g/mol. The number of likely N-dealkylation sites (N-methyl/N-ethyl adjacent to an activating group) is 1. The second kappa shape index (κ2) is 24.2. The van der Waals surface area contributed by atoms with E-state index < -0.39 is 38.5 Å². The molecular formula is C45H65NO7P+. The maximum atomic E-state index is 12.5. The number of allylic oxidation sites excluding steroid dienone is 4. The maximum absolute atomic E-state index is 12.5. The lowest BCUT2D eigenvalue weighted by molar-refractivity contribution is -0.870. The first-order valence-corrected chi connectivity index (χ1v) is 21.2. The van der Waals surface area contributed by atoms with E-state index in [0.29, 0.717) is 17.4 Å². The molecule has 0 saturated heterocycles. The van der Waals surface area contributed by atoms with Gasteiger partial charge in [-0.2, -0.15) is 0 Å². The Morgan fingerprint density at radius 1 is 0.759 bits per heavy atom. The molecule has 1 unspecified atom stereocenters. The van der Waals surface area contributed by atoms with Gasteiger partial charge in [0.2, 0.25) is 0 Å². The number of rotatable bonds is 27. The van der Waals surface area contributed by atoms with Crippen molar-refractivity contribution in [3.8, 4) is 0 Å². The lowest BCUT2D eigenvalue weighted by atomic mass is 9.63. The number of nitrogens with zero attached hydrogens (tertiary/aromatic N) is 1. The Balaban J connectivity index is 1.61. The fraction of sp³-hybridized carbons (Fsp3) is 0.489. The number of hydrogen-bond acceptors (Lipinski definition) is 6. The predicted molar refractivity (Wildman–Crippen MR) is 219 cm³/mol. The minimum Gasteiger partial charge on any atom is -0.457 e. The molecule has 0 aliphatic rings. The molecule has 0 fully saturated rings. The number of hydrogen-bond donors (Lipinski definition) is 2. The Labute approximate surface area is 325 Å². The summed E-state index contributed by atoms with van der Waals surface area (Å²) in [5, 5.41) is 9.64. The Morgan fingerprint density at radius 3 is 1.83 bits per heavy atom. The highest BCUT2D eigenvalue weighted by atomic mass is 31.2. The van der Waals surface area contributed by atoms with Crippen LogP contribution in [0.4, 0.5) is 0 Å². The standard InChI is InChI=1S/C45H64NO7P/c1-5-6-7-8-11-17-26-39(45(40-28-19-14-20-29-40,41-30-21-15-22-31-41)42-32-23-16-24-33-42)27-18-12-9-10-13-25-34-44(48)53-43(37-47)38-52-54(49,50)51-36-35-46(2,3)4/h11,14-17,19-24,27-33,43,47H,5-10,12-13,18,25-26,34-38H2,1-4H3/p+1/b17-11-,39-27+/t43-/m1/s1. The van der Waals surface area contributed by atoms with Crippen LogP contribution in [-0.4, -0.2) is 74.1 Å². The van der Waals surface area contributed by atoms with Gasteiger partial charge in [0, 0.05) is 6.42 Å². The highest BCUT2D eigenvalue weighted by Crippen LogP contribution is 2.47. The van der Waals surface area contributed by atoms with Crippen molar-refractivity contribution in [3.63, 3.8) is 0 Å².